The lowest BCUT2D eigenvalue weighted by Crippen LogP contribution is -2.23. The van der Waals surface area contributed by atoms with Crippen molar-refractivity contribution in [1.29, 1.82) is 0 Å². The molecule has 3 aromatic rings. The van der Waals surface area contributed by atoms with Gasteiger partial charge in [-0.3, -0.25) is 10.1 Å². The van der Waals surface area contributed by atoms with Gasteiger partial charge in [0.1, 0.15) is 0 Å². The molecule has 0 fully saturated rings. The molecule has 0 aliphatic carbocycles. The number of carbonyl (C=O) groups excluding carboxylic acids is 1. The minimum absolute atomic E-state index is 0.0424. The molecule has 6 nitrogen and oxygen atoms in total. The van der Waals surface area contributed by atoms with E-state index in [2.05, 4.69) is 10.3 Å². The van der Waals surface area contributed by atoms with Crippen LogP contribution in [0.1, 0.15) is 10.4 Å². The van der Waals surface area contributed by atoms with E-state index in [0.717, 1.165) is 27.8 Å². The predicted octanol–water partition coefficient (Wildman–Crippen LogP) is 4.24. The summed E-state index contributed by atoms with van der Waals surface area (Å²) in [5.41, 5.74) is 0.649. The fraction of sp³-hybridized carbons (Fsp3) is 0.111. The molecule has 0 atom stereocenters. The minimum atomic E-state index is -3.75. The van der Waals surface area contributed by atoms with Crippen LogP contribution in [0.5, 0.6) is 0 Å². The van der Waals surface area contributed by atoms with Crippen molar-refractivity contribution in [2.24, 2.45) is 0 Å². The van der Waals surface area contributed by atoms with Gasteiger partial charge in [0, 0.05) is 25.0 Å². The van der Waals surface area contributed by atoms with Crippen LogP contribution in [0.3, 0.4) is 0 Å². The van der Waals surface area contributed by atoms with Crippen LogP contribution in [0.2, 0.25) is 5.02 Å². The van der Waals surface area contributed by atoms with Gasteiger partial charge in [0.05, 0.1) is 21.2 Å². The summed E-state index contributed by atoms with van der Waals surface area (Å²) in [6.45, 7) is 0. The summed E-state index contributed by atoms with van der Waals surface area (Å²) in [6, 6.07) is 7.16. The second-order valence-corrected chi connectivity index (χ2v) is 9.47. The first-order valence-corrected chi connectivity index (χ1v) is 10.7. The molecule has 0 saturated heterocycles. The number of hydrogen-bond acceptors (Lipinski definition) is 5. The molecule has 0 unspecified atom stereocenters. The zero-order valence-electron chi connectivity index (χ0n) is 15.1. The third-order valence-corrected chi connectivity index (χ3v) is 6.80. The number of aromatic nitrogens is 1. The smallest absolute Gasteiger partial charge is 0.259 e. The Bertz CT molecular complexity index is 1200. The van der Waals surface area contributed by atoms with Crippen molar-refractivity contribution < 1.29 is 22.0 Å². The quantitative estimate of drug-likeness (QED) is 0.621. The Kier molecular flexibility index (Phi) is 5.99. The van der Waals surface area contributed by atoms with Crippen molar-refractivity contribution in [3.05, 3.63) is 64.0 Å². The molecule has 0 spiro atoms. The second-order valence-electron chi connectivity index (χ2n) is 6.05. The molecule has 0 radical (unpaired) electrons. The van der Waals surface area contributed by atoms with Gasteiger partial charge in [-0.15, -0.1) is 11.3 Å². The summed E-state index contributed by atoms with van der Waals surface area (Å²) in [4.78, 5) is 16.7. The number of anilines is 1. The van der Waals surface area contributed by atoms with Gasteiger partial charge in [0.15, 0.2) is 16.8 Å². The Morgan fingerprint density at radius 3 is 2.52 bits per heavy atom. The normalized spacial score (nSPS) is 11.7. The first-order valence-electron chi connectivity index (χ1n) is 8.04. The van der Waals surface area contributed by atoms with Crippen LogP contribution >= 0.6 is 22.9 Å². The third-order valence-electron chi connectivity index (χ3n) is 3.90. The Morgan fingerprint density at radius 2 is 1.86 bits per heavy atom. The average Bonchev–Trinajstić information content (AvgIpc) is 3.12. The van der Waals surface area contributed by atoms with E-state index in [-0.39, 0.29) is 20.6 Å². The summed E-state index contributed by atoms with van der Waals surface area (Å²) in [5, 5.41) is 4.35. The molecule has 1 heterocycles. The molecule has 1 amide bonds. The van der Waals surface area contributed by atoms with Gasteiger partial charge in [-0.25, -0.2) is 26.5 Å². The van der Waals surface area contributed by atoms with E-state index < -0.39 is 27.6 Å². The van der Waals surface area contributed by atoms with Crippen LogP contribution < -0.4 is 5.32 Å². The zero-order valence-corrected chi connectivity index (χ0v) is 17.5. The van der Waals surface area contributed by atoms with Crippen LogP contribution in [0.4, 0.5) is 13.9 Å². The van der Waals surface area contributed by atoms with Gasteiger partial charge in [0.2, 0.25) is 10.0 Å². The summed E-state index contributed by atoms with van der Waals surface area (Å²) < 4.78 is 52.0. The minimum Gasteiger partial charge on any atom is -0.298 e. The van der Waals surface area contributed by atoms with E-state index in [1.807, 2.05) is 0 Å². The van der Waals surface area contributed by atoms with Crippen LogP contribution in [-0.4, -0.2) is 37.7 Å². The van der Waals surface area contributed by atoms with Gasteiger partial charge in [0.25, 0.3) is 5.91 Å². The molecular weight excluding hydrogens is 444 g/mol. The maximum atomic E-state index is 13.4. The van der Waals surface area contributed by atoms with Crippen molar-refractivity contribution in [1.82, 2.24) is 9.29 Å². The van der Waals surface area contributed by atoms with E-state index in [1.165, 1.54) is 38.4 Å². The predicted molar refractivity (Wildman–Crippen MR) is 108 cm³/mol. The second kappa shape index (κ2) is 8.15. The van der Waals surface area contributed by atoms with Gasteiger partial charge in [-0.05, 0) is 36.4 Å². The van der Waals surface area contributed by atoms with E-state index in [0.29, 0.717) is 11.3 Å². The number of carbonyl (C=O) groups is 1. The van der Waals surface area contributed by atoms with Crippen LogP contribution in [0.15, 0.2) is 46.7 Å². The highest BCUT2D eigenvalue weighted by atomic mass is 35.5. The molecule has 11 heteroatoms. The lowest BCUT2D eigenvalue weighted by atomic mass is 10.2. The van der Waals surface area contributed by atoms with Crippen LogP contribution in [-0.2, 0) is 10.0 Å². The summed E-state index contributed by atoms with van der Waals surface area (Å²) in [6.07, 6.45) is 0. The molecule has 0 bridgehead atoms. The summed E-state index contributed by atoms with van der Waals surface area (Å²) >= 11 is 7.13. The van der Waals surface area contributed by atoms with E-state index >= 15 is 0 Å². The number of halogens is 3. The van der Waals surface area contributed by atoms with Crippen molar-refractivity contribution >= 4 is 44.0 Å². The lowest BCUT2D eigenvalue weighted by Gasteiger charge is -2.13. The number of rotatable bonds is 5. The maximum Gasteiger partial charge on any atom is 0.259 e. The third kappa shape index (κ3) is 4.45. The molecule has 1 aromatic heterocycles. The number of benzene rings is 2. The molecule has 2 aromatic carbocycles. The highest BCUT2D eigenvalue weighted by Gasteiger charge is 2.21. The Balaban J connectivity index is 1.86. The standard InChI is InChI=1S/C18H14ClF2N3O3S2/c1-24(2)29(26,27)11-4-5-13(19)12(8-11)17(25)23-18-22-16(9-28-18)10-3-6-14(20)15(21)7-10/h3-9H,1-2H3,(H,22,23,25). The molecule has 0 aliphatic rings. The van der Waals surface area contributed by atoms with E-state index in [1.54, 1.807) is 5.38 Å². The van der Waals surface area contributed by atoms with Crippen LogP contribution in [0, 0.1) is 11.6 Å². The summed E-state index contributed by atoms with van der Waals surface area (Å²) in [5.74, 6) is -2.64. The molecule has 152 valence electrons. The lowest BCUT2D eigenvalue weighted by molar-refractivity contribution is 0.102. The van der Waals surface area contributed by atoms with Gasteiger partial charge < -0.3 is 0 Å². The number of amides is 1. The number of nitrogens with one attached hydrogen (secondary N) is 1. The molecule has 1 N–H and O–H groups in total. The topological polar surface area (TPSA) is 79.4 Å². The SMILES string of the molecule is CN(C)S(=O)(=O)c1ccc(Cl)c(C(=O)Nc2nc(-c3ccc(F)c(F)c3)cs2)c1. The van der Waals surface area contributed by atoms with Gasteiger partial charge >= 0.3 is 0 Å². The molecule has 0 saturated carbocycles. The number of nitrogens with zero attached hydrogens (tertiary/aromatic N) is 2. The van der Waals surface area contributed by atoms with Crippen LogP contribution in [0.25, 0.3) is 11.3 Å². The number of thiazole rings is 1. The molecule has 29 heavy (non-hydrogen) atoms. The zero-order chi connectivity index (χ0) is 21.3. The largest absolute Gasteiger partial charge is 0.298 e. The average molecular weight is 458 g/mol. The molecule has 0 aliphatic heterocycles. The van der Waals surface area contributed by atoms with Gasteiger partial charge in [-0.1, -0.05) is 11.6 Å². The Labute approximate surface area is 174 Å². The first-order chi connectivity index (χ1) is 13.6. The highest BCUT2D eigenvalue weighted by molar-refractivity contribution is 7.89. The Morgan fingerprint density at radius 1 is 1.14 bits per heavy atom. The maximum absolute atomic E-state index is 13.4. The summed E-state index contributed by atoms with van der Waals surface area (Å²) in [7, 11) is -0.998. The number of sulfonamides is 1. The van der Waals surface area contributed by atoms with Gasteiger partial charge in [-0.2, -0.15) is 0 Å². The van der Waals surface area contributed by atoms with E-state index in [9.17, 15) is 22.0 Å². The van der Waals surface area contributed by atoms with Crippen molar-refractivity contribution in [3.63, 3.8) is 0 Å². The molecular formula is C18H14ClF2N3O3S2. The Hall–Kier alpha value is -2.40. The highest BCUT2D eigenvalue weighted by Crippen LogP contribution is 2.28. The monoisotopic (exact) mass is 457 g/mol. The van der Waals surface area contributed by atoms with Crippen molar-refractivity contribution in [2.75, 3.05) is 19.4 Å². The van der Waals surface area contributed by atoms with Crippen molar-refractivity contribution in [2.45, 2.75) is 4.90 Å². The molecule has 3 rings (SSSR count). The van der Waals surface area contributed by atoms with Crippen molar-refractivity contribution in [3.8, 4) is 11.3 Å². The first kappa shape index (κ1) is 21.3. The van der Waals surface area contributed by atoms with E-state index in [4.69, 9.17) is 11.6 Å². The number of hydrogen-bond donors (Lipinski definition) is 1. The fourth-order valence-corrected chi connectivity index (χ4v) is 4.18. The fourth-order valence-electron chi connectivity index (χ4n) is 2.33.